The fraction of sp³-hybridized carbons (Fsp3) is 0.667. The number of thiophene rings is 1. The van der Waals surface area contributed by atoms with E-state index >= 15 is 0 Å². The average Bonchev–Trinajstić information content (AvgIpc) is 2.73. The maximum atomic E-state index is 5.89. The van der Waals surface area contributed by atoms with Gasteiger partial charge in [-0.05, 0) is 37.8 Å². The Bertz CT molecular complexity index is 321. The Kier molecular flexibility index (Phi) is 4.65. The van der Waals surface area contributed by atoms with Gasteiger partial charge in [-0.2, -0.15) is 0 Å². The van der Waals surface area contributed by atoms with Gasteiger partial charge in [-0.25, -0.2) is 0 Å². The van der Waals surface area contributed by atoms with Crippen molar-refractivity contribution in [2.24, 2.45) is 0 Å². The molecule has 1 aliphatic rings. The predicted molar refractivity (Wildman–Crippen MR) is 69.2 cm³/mol. The Morgan fingerprint density at radius 2 is 2.12 bits per heavy atom. The van der Waals surface area contributed by atoms with Gasteiger partial charge in [0.05, 0.1) is 10.4 Å². The lowest BCUT2D eigenvalue weighted by atomic mass is 9.93. The van der Waals surface area contributed by atoms with E-state index in [1.54, 1.807) is 11.3 Å². The van der Waals surface area contributed by atoms with Crippen LogP contribution in [0.3, 0.4) is 0 Å². The summed E-state index contributed by atoms with van der Waals surface area (Å²) >= 11 is 7.55. The molecule has 2 rings (SSSR count). The highest BCUT2D eigenvalue weighted by molar-refractivity contribution is 7.16. The normalized spacial score (nSPS) is 25.9. The summed E-state index contributed by atoms with van der Waals surface area (Å²) < 4.78 is 6.24. The van der Waals surface area contributed by atoms with Crippen LogP contribution in [0.15, 0.2) is 12.1 Å². The van der Waals surface area contributed by atoms with Crippen LogP contribution < -0.4 is 5.32 Å². The Morgan fingerprint density at radius 1 is 1.38 bits per heavy atom. The highest BCUT2D eigenvalue weighted by Crippen LogP contribution is 2.23. The molecule has 2 nitrogen and oxygen atoms in total. The van der Waals surface area contributed by atoms with Crippen LogP contribution >= 0.6 is 22.9 Å². The second-order valence-electron chi connectivity index (χ2n) is 4.30. The first-order valence-corrected chi connectivity index (χ1v) is 6.98. The number of rotatable bonds is 4. The van der Waals surface area contributed by atoms with E-state index in [2.05, 4.69) is 11.4 Å². The smallest absolute Gasteiger partial charge is 0.0931 e. The number of hydrogen-bond acceptors (Lipinski definition) is 3. The Morgan fingerprint density at radius 3 is 2.69 bits per heavy atom. The molecule has 1 N–H and O–H groups in total. The van der Waals surface area contributed by atoms with E-state index in [1.165, 1.54) is 30.6 Å². The van der Waals surface area contributed by atoms with Gasteiger partial charge in [-0.1, -0.05) is 11.6 Å². The van der Waals surface area contributed by atoms with Crippen molar-refractivity contribution in [1.82, 2.24) is 5.32 Å². The van der Waals surface area contributed by atoms with E-state index in [0.29, 0.717) is 12.1 Å². The SMILES string of the molecule is COC1CCC(NCc2ccc(Cl)s2)CC1. The van der Waals surface area contributed by atoms with Gasteiger partial charge >= 0.3 is 0 Å². The van der Waals surface area contributed by atoms with Gasteiger partial charge < -0.3 is 10.1 Å². The van der Waals surface area contributed by atoms with Crippen molar-refractivity contribution in [3.05, 3.63) is 21.3 Å². The topological polar surface area (TPSA) is 21.3 Å². The van der Waals surface area contributed by atoms with Crippen molar-refractivity contribution in [3.8, 4) is 0 Å². The van der Waals surface area contributed by atoms with E-state index < -0.39 is 0 Å². The van der Waals surface area contributed by atoms with Crippen molar-refractivity contribution >= 4 is 22.9 Å². The molecule has 90 valence electrons. The van der Waals surface area contributed by atoms with E-state index in [4.69, 9.17) is 16.3 Å². The lowest BCUT2D eigenvalue weighted by Crippen LogP contribution is -2.34. The van der Waals surface area contributed by atoms with Gasteiger partial charge in [0.2, 0.25) is 0 Å². The minimum atomic E-state index is 0.481. The van der Waals surface area contributed by atoms with Crippen molar-refractivity contribution in [3.63, 3.8) is 0 Å². The van der Waals surface area contributed by atoms with Crippen LogP contribution in [0, 0.1) is 0 Å². The molecule has 1 saturated carbocycles. The van der Waals surface area contributed by atoms with Crippen LogP contribution in [0.2, 0.25) is 4.34 Å². The summed E-state index contributed by atoms with van der Waals surface area (Å²) in [6, 6.07) is 4.71. The Balaban J connectivity index is 1.71. The largest absolute Gasteiger partial charge is 0.381 e. The first-order valence-electron chi connectivity index (χ1n) is 5.78. The first-order chi connectivity index (χ1) is 7.78. The molecule has 1 heterocycles. The van der Waals surface area contributed by atoms with Gasteiger partial charge in [0.1, 0.15) is 0 Å². The number of nitrogens with one attached hydrogen (secondary N) is 1. The third kappa shape index (κ3) is 3.45. The number of halogens is 1. The van der Waals surface area contributed by atoms with E-state index in [0.717, 1.165) is 10.9 Å². The second-order valence-corrected chi connectivity index (χ2v) is 6.10. The summed E-state index contributed by atoms with van der Waals surface area (Å²) in [5.74, 6) is 0. The summed E-state index contributed by atoms with van der Waals surface area (Å²) in [4.78, 5) is 1.32. The van der Waals surface area contributed by atoms with E-state index in [-0.39, 0.29) is 0 Å². The fourth-order valence-corrected chi connectivity index (χ4v) is 3.23. The first kappa shape index (κ1) is 12.4. The monoisotopic (exact) mass is 259 g/mol. The summed E-state index contributed by atoms with van der Waals surface area (Å²) in [7, 11) is 1.81. The summed E-state index contributed by atoms with van der Waals surface area (Å²) in [6.45, 7) is 0.944. The molecule has 1 fully saturated rings. The molecule has 1 aliphatic carbocycles. The third-order valence-corrected chi connectivity index (χ3v) is 4.43. The maximum absolute atomic E-state index is 5.89. The fourth-order valence-electron chi connectivity index (χ4n) is 2.19. The number of ether oxygens (including phenoxy) is 1. The molecule has 0 amide bonds. The maximum Gasteiger partial charge on any atom is 0.0931 e. The van der Waals surface area contributed by atoms with Crippen LogP contribution in [0.4, 0.5) is 0 Å². The molecule has 4 heteroatoms. The van der Waals surface area contributed by atoms with Gasteiger partial charge in [0.25, 0.3) is 0 Å². The summed E-state index contributed by atoms with van der Waals surface area (Å²) in [5, 5.41) is 3.59. The lowest BCUT2D eigenvalue weighted by molar-refractivity contribution is 0.0624. The van der Waals surface area contributed by atoms with Crippen molar-refractivity contribution < 1.29 is 4.74 Å². The highest BCUT2D eigenvalue weighted by atomic mass is 35.5. The van der Waals surface area contributed by atoms with Crippen LogP contribution in [0.5, 0.6) is 0 Å². The second kappa shape index (κ2) is 6.01. The Hall–Kier alpha value is -0.0900. The molecule has 0 aromatic carbocycles. The zero-order chi connectivity index (χ0) is 11.4. The van der Waals surface area contributed by atoms with Gasteiger partial charge in [0.15, 0.2) is 0 Å². The molecule has 1 aromatic heterocycles. The molecule has 16 heavy (non-hydrogen) atoms. The van der Waals surface area contributed by atoms with Gasteiger partial charge in [-0.15, -0.1) is 11.3 Å². The predicted octanol–water partition coefficient (Wildman–Crippen LogP) is 3.45. The molecule has 0 bridgehead atoms. The summed E-state index contributed by atoms with van der Waals surface area (Å²) in [5.41, 5.74) is 0. The molecule has 1 aromatic rings. The molecular weight excluding hydrogens is 242 g/mol. The third-order valence-electron chi connectivity index (χ3n) is 3.20. The average molecular weight is 260 g/mol. The molecule has 0 saturated heterocycles. The van der Waals surface area contributed by atoms with Crippen molar-refractivity contribution in [2.45, 2.75) is 44.4 Å². The molecule has 0 radical (unpaired) electrons. The zero-order valence-electron chi connectivity index (χ0n) is 9.54. The molecule has 0 atom stereocenters. The van der Waals surface area contributed by atoms with E-state index in [1.807, 2.05) is 13.2 Å². The number of methoxy groups -OCH3 is 1. The van der Waals surface area contributed by atoms with Gasteiger partial charge in [-0.3, -0.25) is 0 Å². The van der Waals surface area contributed by atoms with Gasteiger partial charge in [0, 0.05) is 24.6 Å². The minimum absolute atomic E-state index is 0.481. The molecule has 0 spiro atoms. The molecular formula is C12H18ClNOS. The zero-order valence-corrected chi connectivity index (χ0v) is 11.1. The van der Waals surface area contributed by atoms with Crippen LogP contribution in [-0.4, -0.2) is 19.3 Å². The highest BCUT2D eigenvalue weighted by Gasteiger charge is 2.20. The Labute approximate surface area is 106 Å². The summed E-state index contributed by atoms with van der Waals surface area (Å²) in [6.07, 6.45) is 5.28. The standard InChI is InChI=1S/C12H18ClNOS/c1-15-10-4-2-9(3-5-10)14-8-11-6-7-12(13)16-11/h6-7,9-10,14H,2-5,8H2,1H3. The van der Waals surface area contributed by atoms with Crippen molar-refractivity contribution in [1.29, 1.82) is 0 Å². The van der Waals surface area contributed by atoms with Crippen LogP contribution in [-0.2, 0) is 11.3 Å². The van der Waals surface area contributed by atoms with Crippen LogP contribution in [0.1, 0.15) is 30.6 Å². The molecule has 0 aliphatic heterocycles. The number of hydrogen-bond donors (Lipinski definition) is 1. The molecule has 0 unspecified atom stereocenters. The quantitative estimate of drug-likeness (QED) is 0.894. The lowest BCUT2D eigenvalue weighted by Gasteiger charge is -2.28. The van der Waals surface area contributed by atoms with Crippen molar-refractivity contribution in [2.75, 3.05) is 7.11 Å². The van der Waals surface area contributed by atoms with Crippen LogP contribution in [0.25, 0.3) is 0 Å². The van der Waals surface area contributed by atoms with E-state index in [9.17, 15) is 0 Å². The minimum Gasteiger partial charge on any atom is -0.381 e.